The summed E-state index contributed by atoms with van der Waals surface area (Å²) in [5.74, 6) is 0. The molecule has 1 aliphatic heterocycles. The van der Waals surface area contributed by atoms with E-state index in [1.165, 1.54) is 27.8 Å². The normalized spacial score (nSPS) is 18.0. The predicted molar refractivity (Wildman–Crippen MR) is 103 cm³/mol. The number of fused-ring (bicyclic) bond motifs is 2. The van der Waals surface area contributed by atoms with Gasteiger partial charge in [-0.05, 0) is 34.9 Å². The Morgan fingerprint density at radius 3 is 1.92 bits per heavy atom. The SMILES string of the molecule is CN1CCN(CC=C2c3ccccc3C=Cc3ccccc32)CC1. The van der Waals surface area contributed by atoms with Gasteiger partial charge >= 0.3 is 0 Å². The Balaban J connectivity index is 1.70. The van der Waals surface area contributed by atoms with Crippen LogP contribution in [-0.4, -0.2) is 49.6 Å². The summed E-state index contributed by atoms with van der Waals surface area (Å²) in [7, 11) is 2.21. The average molecular weight is 316 g/mol. The Bertz CT molecular complexity index is 729. The van der Waals surface area contributed by atoms with Crippen LogP contribution < -0.4 is 0 Å². The van der Waals surface area contributed by atoms with Gasteiger partial charge in [0.15, 0.2) is 0 Å². The molecule has 0 atom stereocenters. The van der Waals surface area contributed by atoms with Crippen molar-refractivity contribution in [2.24, 2.45) is 0 Å². The Labute approximate surface area is 144 Å². The first kappa shape index (κ1) is 15.4. The van der Waals surface area contributed by atoms with Gasteiger partial charge in [0.25, 0.3) is 0 Å². The topological polar surface area (TPSA) is 6.48 Å². The summed E-state index contributed by atoms with van der Waals surface area (Å²) >= 11 is 0. The first-order valence-electron chi connectivity index (χ1n) is 8.79. The summed E-state index contributed by atoms with van der Waals surface area (Å²) in [5, 5.41) is 0. The summed E-state index contributed by atoms with van der Waals surface area (Å²) in [5.41, 5.74) is 6.66. The van der Waals surface area contributed by atoms with Crippen LogP contribution in [0.15, 0.2) is 54.6 Å². The predicted octanol–water partition coefficient (Wildman–Crippen LogP) is 3.85. The van der Waals surface area contributed by atoms with E-state index in [1.807, 2.05) is 0 Å². The first-order valence-corrected chi connectivity index (χ1v) is 8.79. The van der Waals surface area contributed by atoms with E-state index in [0.717, 1.165) is 32.7 Å². The van der Waals surface area contributed by atoms with Crippen molar-refractivity contribution in [3.63, 3.8) is 0 Å². The molecule has 0 unspecified atom stereocenters. The highest BCUT2D eigenvalue weighted by Crippen LogP contribution is 2.33. The summed E-state index contributed by atoms with van der Waals surface area (Å²) in [6.45, 7) is 5.66. The Kier molecular flexibility index (Phi) is 4.33. The van der Waals surface area contributed by atoms with Crippen LogP contribution in [0.4, 0.5) is 0 Å². The van der Waals surface area contributed by atoms with Gasteiger partial charge in [0.1, 0.15) is 0 Å². The lowest BCUT2D eigenvalue weighted by Gasteiger charge is -2.31. The monoisotopic (exact) mass is 316 g/mol. The molecule has 4 rings (SSSR count). The highest BCUT2D eigenvalue weighted by molar-refractivity contribution is 5.93. The lowest BCUT2D eigenvalue weighted by molar-refractivity contribution is 0.166. The third-order valence-electron chi connectivity index (χ3n) is 5.09. The van der Waals surface area contributed by atoms with Crippen molar-refractivity contribution in [2.75, 3.05) is 39.8 Å². The molecule has 24 heavy (non-hydrogen) atoms. The van der Waals surface area contributed by atoms with Crippen LogP contribution in [0.25, 0.3) is 17.7 Å². The van der Waals surface area contributed by atoms with Crippen LogP contribution in [0.2, 0.25) is 0 Å². The van der Waals surface area contributed by atoms with Crippen LogP contribution in [0, 0.1) is 0 Å². The molecule has 0 amide bonds. The summed E-state index contributed by atoms with van der Waals surface area (Å²) in [6, 6.07) is 17.4. The second kappa shape index (κ2) is 6.76. The highest BCUT2D eigenvalue weighted by atomic mass is 15.2. The molecule has 0 radical (unpaired) electrons. The quantitative estimate of drug-likeness (QED) is 0.708. The number of piperazine rings is 1. The van der Waals surface area contributed by atoms with Crippen LogP contribution in [0.3, 0.4) is 0 Å². The van der Waals surface area contributed by atoms with Gasteiger partial charge in [-0.3, -0.25) is 4.90 Å². The van der Waals surface area contributed by atoms with E-state index in [9.17, 15) is 0 Å². The van der Waals surface area contributed by atoms with Gasteiger partial charge in [0.2, 0.25) is 0 Å². The fraction of sp³-hybridized carbons (Fsp3) is 0.273. The second-order valence-corrected chi connectivity index (χ2v) is 6.73. The molecule has 2 aliphatic rings. The largest absolute Gasteiger partial charge is 0.304 e. The van der Waals surface area contributed by atoms with E-state index < -0.39 is 0 Å². The van der Waals surface area contributed by atoms with Gasteiger partial charge in [0, 0.05) is 32.7 Å². The van der Waals surface area contributed by atoms with Crippen LogP contribution in [-0.2, 0) is 0 Å². The van der Waals surface area contributed by atoms with E-state index in [1.54, 1.807) is 0 Å². The molecule has 1 heterocycles. The van der Waals surface area contributed by atoms with Crippen molar-refractivity contribution in [1.29, 1.82) is 0 Å². The number of likely N-dealkylation sites (N-methyl/N-ethyl adjacent to an activating group) is 1. The molecular weight excluding hydrogens is 292 g/mol. The van der Waals surface area contributed by atoms with Crippen LogP contribution in [0.1, 0.15) is 22.3 Å². The summed E-state index contributed by atoms with van der Waals surface area (Å²) in [6.07, 6.45) is 6.91. The highest BCUT2D eigenvalue weighted by Gasteiger charge is 2.16. The molecule has 122 valence electrons. The van der Waals surface area contributed by atoms with Crippen molar-refractivity contribution in [2.45, 2.75) is 0 Å². The number of nitrogens with zero attached hydrogens (tertiary/aromatic N) is 2. The van der Waals surface area contributed by atoms with Gasteiger partial charge in [-0.1, -0.05) is 66.8 Å². The minimum Gasteiger partial charge on any atom is -0.304 e. The maximum absolute atomic E-state index is 2.55. The maximum atomic E-state index is 2.55. The molecule has 1 aliphatic carbocycles. The molecule has 2 aromatic rings. The Hall–Kier alpha value is -2.16. The Morgan fingerprint density at radius 1 is 0.792 bits per heavy atom. The van der Waals surface area contributed by atoms with Gasteiger partial charge < -0.3 is 4.90 Å². The summed E-state index contributed by atoms with van der Waals surface area (Å²) < 4.78 is 0. The molecule has 1 saturated heterocycles. The molecule has 0 aromatic heterocycles. The van der Waals surface area contributed by atoms with Gasteiger partial charge in [-0.2, -0.15) is 0 Å². The third-order valence-corrected chi connectivity index (χ3v) is 5.09. The average Bonchev–Trinajstić information content (AvgIpc) is 2.78. The number of hydrogen-bond donors (Lipinski definition) is 0. The maximum Gasteiger partial charge on any atom is 0.0173 e. The number of benzene rings is 2. The van der Waals surface area contributed by atoms with Crippen molar-refractivity contribution in [3.8, 4) is 0 Å². The zero-order valence-corrected chi connectivity index (χ0v) is 14.3. The molecule has 2 nitrogen and oxygen atoms in total. The third kappa shape index (κ3) is 3.08. The van der Waals surface area contributed by atoms with E-state index >= 15 is 0 Å². The zero-order chi connectivity index (χ0) is 16.4. The molecular formula is C22H24N2. The molecule has 1 fully saturated rings. The van der Waals surface area contributed by atoms with Gasteiger partial charge in [-0.15, -0.1) is 0 Å². The first-order chi connectivity index (χ1) is 11.8. The molecule has 2 aromatic carbocycles. The fourth-order valence-corrected chi connectivity index (χ4v) is 3.57. The minimum atomic E-state index is 1.02. The molecule has 0 bridgehead atoms. The van der Waals surface area contributed by atoms with Crippen molar-refractivity contribution < 1.29 is 0 Å². The molecule has 0 saturated carbocycles. The van der Waals surface area contributed by atoms with Crippen molar-refractivity contribution in [1.82, 2.24) is 9.80 Å². The van der Waals surface area contributed by atoms with E-state index in [0.29, 0.717) is 0 Å². The lowest BCUT2D eigenvalue weighted by Crippen LogP contribution is -2.44. The van der Waals surface area contributed by atoms with Crippen molar-refractivity contribution >= 4 is 17.7 Å². The standard InChI is InChI=1S/C22H24N2/c1-23-14-16-24(17-15-23)13-12-22-20-8-4-2-6-18(20)10-11-19-7-3-5-9-21(19)22/h2-12H,13-17H2,1H3. The molecule has 0 N–H and O–H groups in total. The minimum absolute atomic E-state index is 1.02. The van der Waals surface area contributed by atoms with Crippen LogP contribution in [0.5, 0.6) is 0 Å². The lowest BCUT2D eigenvalue weighted by atomic mass is 9.93. The molecule has 0 spiro atoms. The van der Waals surface area contributed by atoms with Crippen LogP contribution >= 0.6 is 0 Å². The molecule has 2 heteroatoms. The van der Waals surface area contributed by atoms with Crippen molar-refractivity contribution in [3.05, 3.63) is 76.9 Å². The fourth-order valence-electron chi connectivity index (χ4n) is 3.57. The van der Waals surface area contributed by atoms with E-state index in [2.05, 4.69) is 83.6 Å². The summed E-state index contributed by atoms with van der Waals surface area (Å²) in [4.78, 5) is 4.96. The Morgan fingerprint density at radius 2 is 1.33 bits per heavy atom. The zero-order valence-electron chi connectivity index (χ0n) is 14.3. The smallest absolute Gasteiger partial charge is 0.0173 e. The van der Waals surface area contributed by atoms with E-state index in [4.69, 9.17) is 0 Å². The van der Waals surface area contributed by atoms with E-state index in [-0.39, 0.29) is 0 Å². The second-order valence-electron chi connectivity index (χ2n) is 6.73. The number of rotatable bonds is 2. The van der Waals surface area contributed by atoms with Gasteiger partial charge in [-0.25, -0.2) is 0 Å². The number of hydrogen-bond acceptors (Lipinski definition) is 2. The van der Waals surface area contributed by atoms with Gasteiger partial charge in [0.05, 0.1) is 0 Å².